The Labute approximate surface area is 128 Å². The first-order chi connectivity index (χ1) is 10.2. The lowest BCUT2D eigenvalue weighted by Gasteiger charge is -2.35. The second-order valence-corrected chi connectivity index (χ2v) is 6.76. The third kappa shape index (κ3) is 3.07. The fourth-order valence-electron chi connectivity index (χ4n) is 3.01. The largest absolute Gasteiger partial charge is 0.431 e. The molecule has 1 N–H and O–H groups in total. The van der Waals surface area contributed by atoms with Gasteiger partial charge in [0.2, 0.25) is 0 Å². The van der Waals surface area contributed by atoms with Crippen molar-refractivity contribution in [3.8, 4) is 6.07 Å². The molecule has 1 heterocycles. The van der Waals surface area contributed by atoms with Crippen LogP contribution in [-0.4, -0.2) is 22.3 Å². The molecule has 0 amide bonds. The molecule has 0 bridgehead atoms. The zero-order valence-corrected chi connectivity index (χ0v) is 12.9. The van der Waals surface area contributed by atoms with Crippen molar-refractivity contribution in [1.82, 2.24) is 10.3 Å². The number of thioether (sulfide) groups is 1. The first-order valence-corrected chi connectivity index (χ1v) is 8.31. The summed E-state index contributed by atoms with van der Waals surface area (Å²) in [5.41, 5.74) is 1.35. The molecule has 5 heteroatoms. The first kappa shape index (κ1) is 14.4. The summed E-state index contributed by atoms with van der Waals surface area (Å²) in [5, 5.41) is 14.0. The van der Waals surface area contributed by atoms with E-state index in [9.17, 15) is 5.26 Å². The lowest BCUT2D eigenvalue weighted by molar-refractivity contribution is 0.308. The second kappa shape index (κ2) is 6.08. The first-order valence-electron chi connectivity index (χ1n) is 7.43. The summed E-state index contributed by atoms with van der Waals surface area (Å²) < 4.78 is 5.78. The van der Waals surface area contributed by atoms with Gasteiger partial charge in [-0.05, 0) is 44.4 Å². The highest BCUT2D eigenvalue weighted by Gasteiger charge is 2.36. The molecule has 2 aromatic rings. The van der Waals surface area contributed by atoms with Crippen LogP contribution in [0.1, 0.15) is 32.6 Å². The van der Waals surface area contributed by atoms with Crippen LogP contribution in [0.3, 0.4) is 0 Å². The van der Waals surface area contributed by atoms with Gasteiger partial charge in [-0.1, -0.05) is 30.8 Å². The van der Waals surface area contributed by atoms with Crippen LogP contribution in [0.15, 0.2) is 33.9 Å². The molecule has 0 saturated heterocycles. The zero-order valence-electron chi connectivity index (χ0n) is 12.1. The summed E-state index contributed by atoms with van der Waals surface area (Å²) in [7, 11) is 0. The molecular formula is C16H19N3OS. The van der Waals surface area contributed by atoms with Gasteiger partial charge in [0.05, 0.1) is 6.07 Å². The fourth-order valence-corrected chi connectivity index (χ4v) is 4.24. The second-order valence-electron chi connectivity index (χ2n) is 5.51. The molecule has 1 aromatic carbocycles. The molecule has 1 fully saturated rings. The molecule has 1 aromatic heterocycles. The van der Waals surface area contributed by atoms with E-state index >= 15 is 0 Å². The van der Waals surface area contributed by atoms with Crippen molar-refractivity contribution < 1.29 is 4.42 Å². The maximum absolute atomic E-state index is 9.51. The van der Waals surface area contributed by atoms with Crippen LogP contribution >= 0.6 is 11.8 Å². The van der Waals surface area contributed by atoms with Gasteiger partial charge in [0.15, 0.2) is 5.58 Å². The number of para-hydroxylation sites is 2. The number of oxazole rings is 1. The van der Waals surface area contributed by atoms with Crippen molar-refractivity contribution >= 4 is 22.9 Å². The molecule has 1 aliphatic carbocycles. The number of rotatable bonds is 4. The van der Waals surface area contributed by atoms with E-state index in [0.29, 0.717) is 10.5 Å². The molecule has 0 radical (unpaired) electrons. The summed E-state index contributed by atoms with van der Waals surface area (Å²) in [6, 6.07) is 10.3. The molecule has 2 atom stereocenters. The molecule has 4 nitrogen and oxygen atoms in total. The molecule has 0 aliphatic heterocycles. The smallest absolute Gasteiger partial charge is 0.257 e. The highest BCUT2D eigenvalue weighted by atomic mass is 32.2. The Balaban J connectivity index is 1.73. The molecular weight excluding hydrogens is 282 g/mol. The molecule has 3 rings (SSSR count). The van der Waals surface area contributed by atoms with Crippen molar-refractivity contribution in [2.75, 3.05) is 6.54 Å². The van der Waals surface area contributed by atoms with E-state index in [0.717, 1.165) is 43.3 Å². The number of hydrogen-bond donors (Lipinski definition) is 1. The van der Waals surface area contributed by atoms with E-state index in [-0.39, 0.29) is 5.54 Å². The van der Waals surface area contributed by atoms with Crippen molar-refractivity contribution in [1.29, 1.82) is 5.26 Å². The SMILES string of the molecule is CCNC1(C#N)CCCC(Sc2nc3ccccc3o2)C1. The van der Waals surface area contributed by atoms with Crippen LogP contribution < -0.4 is 5.32 Å². The van der Waals surface area contributed by atoms with E-state index in [4.69, 9.17) is 4.42 Å². The predicted octanol–water partition coefficient (Wildman–Crippen LogP) is 3.73. The Bertz CT molecular complexity index is 626. The van der Waals surface area contributed by atoms with Crippen LogP contribution in [0.25, 0.3) is 11.1 Å². The Kier molecular flexibility index (Phi) is 4.18. The standard InChI is InChI=1S/C16H19N3OS/c1-2-18-16(11-17)9-5-6-12(10-16)21-15-19-13-7-3-4-8-14(13)20-15/h3-4,7-8,12,18H,2,5-6,9-10H2,1H3. The minimum atomic E-state index is -0.378. The van der Waals surface area contributed by atoms with E-state index in [2.05, 4.69) is 23.3 Å². The summed E-state index contributed by atoms with van der Waals surface area (Å²) in [5.74, 6) is 0. The molecule has 2 unspecified atom stereocenters. The minimum absolute atomic E-state index is 0.378. The monoisotopic (exact) mass is 301 g/mol. The van der Waals surface area contributed by atoms with E-state index in [1.165, 1.54) is 0 Å². The molecule has 1 aliphatic rings. The quantitative estimate of drug-likeness (QED) is 0.932. The van der Waals surface area contributed by atoms with Gasteiger partial charge in [-0.3, -0.25) is 5.32 Å². The van der Waals surface area contributed by atoms with Crippen LogP contribution in [0.5, 0.6) is 0 Å². The van der Waals surface area contributed by atoms with Crippen molar-refractivity contribution in [2.24, 2.45) is 0 Å². The fraction of sp³-hybridized carbons (Fsp3) is 0.500. The van der Waals surface area contributed by atoms with E-state index < -0.39 is 0 Å². The maximum Gasteiger partial charge on any atom is 0.257 e. The van der Waals surface area contributed by atoms with Gasteiger partial charge in [-0.2, -0.15) is 5.26 Å². The highest BCUT2D eigenvalue weighted by molar-refractivity contribution is 7.99. The van der Waals surface area contributed by atoms with Crippen molar-refractivity contribution in [2.45, 2.75) is 48.6 Å². The lowest BCUT2D eigenvalue weighted by Crippen LogP contribution is -2.48. The lowest BCUT2D eigenvalue weighted by atomic mass is 9.82. The van der Waals surface area contributed by atoms with Crippen LogP contribution in [-0.2, 0) is 0 Å². The minimum Gasteiger partial charge on any atom is -0.431 e. The van der Waals surface area contributed by atoms with Gasteiger partial charge in [-0.15, -0.1) is 0 Å². The number of hydrogen-bond acceptors (Lipinski definition) is 5. The summed E-state index contributed by atoms with van der Waals surface area (Å²) in [6.07, 6.45) is 3.96. The average molecular weight is 301 g/mol. The van der Waals surface area contributed by atoms with Gasteiger partial charge in [0, 0.05) is 5.25 Å². The zero-order chi connectivity index (χ0) is 14.7. The summed E-state index contributed by atoms with van der Waals surface area (Å²) in [6.45, 7) is 2.88. The highest BCUT2D eigenvalue weighted by Crippen LogP contribution is 2.38. The van der Waals surface area contributed by atoms with Crippen molar-refractivity contribution in [3.05, 3.63) is 24.3 Å². The molecule has 0 spiro atoms. The van der Waals surface area contributed by atoms with E-state index in [1.54, 1.807) is 11.8 Å². The summed E-state index contributed by atoms with van der Waals surface area (Å²) in [4.78, 5) is 4.52. The summed E-state index contributed by atoms with van der Waals surface area (Å²) >= 11 is 1.66. The van der Waals surface area contributed by atoms with Crippen LogP contribution in [0.2, 0.25) is 0 Å². The third-order valence-electron chi connectivity index (χ3n) is 3.98. The van der Waals surface area contributed by atoms with E-state index in [1.807, 2.05) is 24.3 Å². The third-order valence-corrected chi connectivity index (χ3v) is 5.09. The Hall–Kier alpha value is -1.51. The number of aromatic nitrogens is 1. The average Bonchev–Trinajstić information content (AvgIpc) is 2.90. The Morgan fingerprint density at radius 3 is 3.14 bits per heavy atom. The number of nitrogens with one attached hydrogen (secondary N) is 1. The van der Waals surface area contributed by atoms with Gasteiger partial charge in [-0.25, -0.2) is 4.98 Å². The van der Waals surface area contributed by atoms with Crippen LogP contribution in [0.4, 0.5) is 0 Å². The van der Waals surface area contributed by atoms with Gasteiger partial charge < -0.3 is 4.42 Å². The van der Waals surface area contributed by atoms with Gasteiger partial charge in [0.25, 0.3) is 5.22 Å². The van der Waals surface area contributed by atoms with Crippen LogP contribution in [0, 0.1) is 11.3 Å². The Morgan fingerprint density at radius 1 is 1.52 bits per heavy atom. The van der Waals surface area contributed by atoms with Gasteiger partial charge >= 0.3 is 0 Å². The van der Waals surface area contributed by atoms with Crippen molar-refractivity contribution in [3.63, 3.8) is 0 Å². The number of nitrogens with zero attached hydrogens (tertiary/aromatic N) is 2. The Morgan fingerprint density at radius 2 is 2.38 bits per heavy atom. The molecule has 21 heavy (non-hydrogen) atoms. The maximum atomic E-state index is 9.51. The normalized spacial score (nSPS) is 25.8. The number of benzene rings is 1. The number of nitriles is 1. The number of fused-ring (bicyclic) bond motifs is 1. The molecule has 110 valence electrons. The predicted molar refractivity (Wildman–Crippen MR) is 84.1 cm³/mol. The van der Waals surface area contributed by atoms with Gasteiger partial charge in [0.1, 0.15) is 11.1 Å². The topological polar surface area (TPSA) is 61.9 Å². The molecule has 1 saturated carbocycles.